The second-order valence-electron chi connectivity index (χ2n) is 6.44. The molecule has 2 unspecified atom stereocenters. The van der Waals surface area contributed by atoms with Gasteiger partial charge in [0.25, 0.3) is 0 Å². The molecule has 2 aliphatic rings. The fourth-order valence-corrected chi connectivity index (χ4v) is 3.42. The van der Waals surface area contributed by atoms with E-state index in [1.54, 1.807) is 11.8 Å². The summed E-state index contributed by atoms with van der Waals surface area (Å²) in [5, 5.41) is 9.43. The van der Waals surface area contributed by atoms with Crippen LogP contribution < -0.4 is 0 Å². The van der Waals surface area contributed by atoms with Gasteiger partial charge in [-0.05, 0) is 32.7 Å². The SMILES string of the molecule is CC1CN(CCC2(C#N)CCCCC2)CC(C(F)(F)F)O1. The van der Waals surface area contributed by atoms with Gasteiger partial charge in [0.2, 0.25) is 0 Å². The van der Waals surface area contributed by atoms with E-state index in [0.29, 0.717) is 19.5 Å². The smallest absolute Gasteiger partial charge is 0.363 e. The minimum Gasteiger partial charge on any atom is -0.363 e. The van der Waals surface area contributed by atoms with Crippen LogP contribution in [0.1, 0.15) is 45.4 Å². The predicted octanol–water partition coefficient (Wildman–Crippen LogP) is 3.50. The number of hydrogen-bond acceptors (Lipinski definition) is 3. The van der Waals surface area contributed by atoms with Crippen molar-refractivity contribution in [3.05, 3.63) is 0 Å². The Kier molecular flexibility index (Phi) is 5.15. The lowest BCUT2D eigenvalue weighted by molar-refractivity contribution is -0.251. The van der Waals surface area contributed by atoms with Gasteiger partial charge >= 0.3 is 6.18 Å². The molecular weight excluding hydrogens is 281 g/mol. The van der Waals surface area contributed by atoms with Gasteiger partial charge in [-0.25, -0.2) is 0 Å². The number of rotatable bonds is 3. The Bertz CT molecular complexity index is 385. The molecule has 0 aromatic rings. The minimum atomic E-state index is -4.31. The molecule has 6 heteroatoms. The average molecular weight is 304 g/mol. The molecular formula is C15H23F3N2O. The van der Waals surface area contributed by atoms with Crippen LogP contribution in [0.3, 0.4) is 0 Å². The van der Waals surface area contributed by atoms with Gasteiger partial charge in [-0.3, -0.25) is 4.90 Å². The molecule has 0 amide bonds. The third-order valence-corrected chi connectivity index (χ3v) is 4.66. The third kappa shape index (κ3) is 4.33. The van der Waals surface area contributed by atoms with Crippen LogP contribution in [-0.4, -0.2) is 42.9 Å². The molecule has 1 saturated carbocycles. The van der Waals surface area contributed by atoms with Gasteiger partial charge in [-0.15, -0.1) is 0 Å². The average Bonchev–Trinajstić information content (AvgIpc) is 2.45. The summed E-state index contributed by atoms with van der Waals surface area (Å²) in [6.07, 6.45) is -0.741. The van der Waals surface area contributed by atoms with E-state index >= 15 is 0 Å². The maximum Gasteiger partial charge on any atom is 0.415 e. The van der Waals surface area contributed by atoms with Crippen molar-refractivity contribution in [1.82, 2.24) is 4.90 Å². The number of morpholine rings is 1. The molecule has 1 heterocycles. The van der Waals surface area contributed by atoms with Crippen molar-refractivity contribution in [1.29, 1.82) is 5.26 Å². The zero-order chi connectivity index (χ0) is 15.5. The van der Waals surface area contributed by atoms with Crippen LogP contribution >= 0.6 is 0 Å². The van der Waals surface area contributed by atoms with Crippen molar-refractivity contribution >= 4 is 0 Å². The molecule has 21 heavy (non-hydrogen) atoms. The molecule has 0 aromatic heterocycles. The van der Waals surface area contributed by atoms with Crippen LogP contribution in [0.25, 0.3) is 0 Å². The molecule has 0 aromatic carbocycles. The van der Waals surface area contributed by atoms with Crippen LogP contribution in [0.4, 0.5) is 13.2 Å². The fourth-order valence-electron chi connectivity index (χ4n) is 3.42. The van der Waals surface area contributed by atoms with Gasteiger partial charge in [0.05, 0.1) is 17.6 Å². The highest BCUT2D eigenvalue weighted by atomic mass is 19.4. The minimum absolute atomic E-state index is 0.116. The van der Waals surface area contributed by atoms with Crippen LogP contribution in [0, 0.1) is 16.7 Å². The Morgan fingerprint density at radius 1 is 1.24 bits per heavy atom. The lowest BCUT2D eigenvalue weighted by Gasteiger charge is -2.39. The van der Waals surface area contributed by atoms with Crippen molar-refractivity contribution in [2.24, 2.45) is 5.41 Å². The Balaban J connectivity index is 1.91. The number of alkyl halides is 3. The summed E-state index contributed by atoms with van der Waals surface area (Å²) in [4.78, 5) is 1.81. The maximum absolute atomic E-state index is 12.8. The van der Waals surface area contributed by atoms with Gasteiger partial charge in [0.15, 0.2) is 6.10 Å². The first kappa shape index (κ1) is 16.6. The van der Waals surface area contributed by atoms with Gasteiger partial charge < -0.3 is 4.74 Å². The van der Waals surface area contributed by atoms with E-state index in [1.807, 2.05) is 0 Å². The Labute approximate surface area is 124 Å². The topological polar surface area (TPSA) is 36.3 Å². The number of hydrogen-bond donors (Lipinski definition) is 0. The molecule has 2 fully saturated rings. The molecule has 0 spiro atoms. The fraction of sp³-hybridized carbons (Fsp3) is 0.933. The van der Waals surface area contributed by atoms with Gasteiger partial charge in [0, 0.05) is 13.1 Å². The summed E-state index contributed by atoms with van der Waals surface area (Å²) in [7, 11) is 0. The summed E-state index contributed by atoms with van der Waals surface area (Å²) in [5.74, 6) is 0. The second kappa shape index (κ2) is 6.53. The molecule has 0 N–H and O–H groups in total. The molecule has 3 nitrogen and oxygen atoms in total. The number of ether oxygens (including phenoxy) is 1. The first-order chi connectivity index (χ1) is 9.85. The standard InChI is InChI=1S/C15H23F3N2O/c1-12-9-20(10-13(21-12)15(16,17)18)8-7-14(11-19)5-3-2-4-6-14/h12-13H,2-10H2,1H3. The molecule has 2 rings (SSSR count). The van der Waals surface area contributed by atoms with Gasteiger partial charge in [0.1, 0.15) is 0 Å². The van der Waals surface area contributed by atoms with Crippen molar-refractivity contribution in [2.75, 3.05) is 19.6 Å². The molecule has 1 aliphatic heterocycles. The maximum atomic E-state index is 12.8. The lowest BCUT2D eigenvalue weighted by atomic mass is 9.73. The molecule has 1 aliphatic carbocycles. The normalized spacial score (nSPS) is 30.8. The van der Waals surface area contributed by atoms with Crippen LogP contribution in [0.5, 0.6) is 0 Å². The first-order valence-electron chi connectivity index (χ1n) is 7.70. The largest absolute Gasteiger partial charge is 0.415 e. The Morgan fingerprint density at radius 3 is 2.48 bits per heavy atom. The van der Waals surface area contributed by atoms with E-state index in [2.05, 4.69) is 6.07 Å². The third-order valence-electron chi connectivity index (χ3n) is 4.66. The predicted molar refractivity (Wildman–Crippen MR) is 72.6 cm³/mol. The van der Waals surface area contributed by atoms with Crippen molar-refractivity contribution in [2.45, 2.75) is 63.8 Å². The summed E-state index contributed by atoms with van der Waals surface area (Å²) in [6, 6.07) is 2.43. The van der Waals surface area contributed by atoms with E-state index in [0.717, 1.165) is 32.1 Å². The Morgan fingerprint density at radius 2 is 1.90 bits per heavy atom. The summed E-state index contributed by atoms with van der Waals surface area (Å²) >= 11 is 0. The molecule has 1 saturated heterocycles. The molecule has 0 bridgehead atoms. The van der Waals surface area contributed by atoms with Gasteiger partial charge in [-0.2, -0.15) is 18.4 Å². The van der Waals surface area contributed by atoms with E-state index in [4.69, 9.17) is 4.74 Å². The Hall–Kier alpha value is -0.800. The van der Waals surface area contributed by atoms with E-state index in [1.165, 1.54) is 0 Å². The second-order valence-corrected chi connectivity index (χ2v) is 6.44. The number of nitrogens with zero attached hydrogens (tertiary/aromatic N) is 2. The number of halogens is 3. The van der Waals surface area contributed by atoms with Crippen LogP contribution in [-0.2, 0) is 4.74 Å². The summed E-state index contributed by atoms with van der Waals surface area (Å²) in [5.41, 5.74) is -0.326. The zero-order valence-electron chi connectivity index (χ0n) is 12.5. The van der Waals surface area contributed by atoms with Crippen molar-refractivity contribution in [3.8, 4) is 6.07 Å². The monoisotopic (exact) mass is 304 g/mol. The lowest BCUT2D eigenvalue weighted by Crippen LogP contribution is -2.52. The quantitative estimate of drug-likeness (QED) is 0.800. The van der Waals surface area contributed by atoms with E-state index in [-0.39, 0.29) is 12.0 Å². The molecule has 0 radical (unpaired) electrons. The van der Waals surface area contributed by atoms with Crippen LogP contribution in [0.2, 0.25) is 0 Å². The first-order valence-corrected chi connectivity index (χ1v) is 7.70. The van der Waals surface area contributed by atoms with Gasteiger partial charge in [-0.1, -0.05) is 19.3 Å². The van der Waals surface area contributed by atoms with E-state index in [9.17, 15) is 18.4 Å². The highest BCUT2D eigenvalue weighted by Gasteiger charge is 2.45. The van der Waals surface area contributed by atoms with Crippen molar-refractivity contribution in [3.63, 3.8) is 0 Å². The highest BCUT2D eigenvalue weighted by Crippen LogP contribution is 2.39. The number of nitriles is 1. The highest BCUT2D eigenvalue weighted by molar-refractivity contribution is 5.01. The molecule has 2 atom stereocenters. The zero-order valence-corrected chi connectivity index (χ0v) is 12.5. The molecule has 120 valence electrons. The summed E-state index contributed by atoms with van der Waals surface area (Å²) < 4.78 is 43.5. The van der Waals surface area contributed by atoms with E-state index < -0.39 is 18.4 Å². The summed E-state index contributed by atoms with van der Waals surface area (Å²) in [6.45, 7) is 2.61. The van der Waals surface area contributed by atoms with Crippen LogP contribution in [0.15, 0.2) is 0 Å². The van der Waals surface area contributed by atoms with Crippen molar-refractivity contribution < 1.29 is 17.9 Å².